The number of Topliss-reactive ketones (excluding diaryl/α,β-unsaturated/α-hetero) is 3. The molecule has 1 aliphatic carbocycles. The molecule has 1 atom stereocenters. The quantitative estimate of drug-likeness (QED) is 0.0208. The summed E-state index contributed by atoms with van der Waals surface area (Å²) in [5.41, 5.74) is 0.534. The smallest absolute Gasteiger partial charge is 0.334 e. The van der Waals surface area contributed by atoms with Gasteiger partial charge in [0.2, 0.25) is 5.91 Å². The minimum Gasteiger partial charge on any atom is -0.512 e. The summed E-state index contributed by atoms with van der Waals surface area (Å²) in [6, 6.07) is 0. The number of allylic oxidation sites excluding steroid dienone is 10. The van der Waals surface area contributed by atoms with E-state index in [1.54, 1.807) is 11.8 Å². The molecule has 0 aromatic heterocycles. The molecule has 1 aliphatic rings. The Bertz CT molecular complexity index is 1680. The van der Waals surface area contributed by atoms with Crippen molar-refractivity contribution in [2.45, 2.75) is 154 Å². The van der Waals surface area contributed by atoms with Crippen LogP contribution in [0, 0.1) is 0 Å². The third kappa shape index (κ3) is 153. The van der Waals surface area contributed by atoms with Gasteiger partial charge in [0.25, 0.3) is 0 Å². The summed E-state index contributed by atoms with van der Waals surface area (Å²) in [4.78, 5) is 75.1. The van der Waals surface area contributed by atoms with Gasteiger partial charge in [0.05, 0.1) is 73.0 Å². The van der Waals surface area contributed by atoms with Gasteiger partial charge in [0, 0.05) is 226 Å². The van der Waals surface area contributed by atoms with Gasteiger partial charge in [-0.2, -0.15) is 0 Å². The zero-order valence-electron chi connectivity index (χ0n) is 54.7. The normalized spacial score (nSPS) is 10.5. The fourth-order valence-electron chi connectivity index (χ4n) is 4.06. The summed E-state index contributed by atoms with van der Waals surface area (Å²) in [6.45, 7) is 23.0. The number of carbonyl (C=O) groups excluding carboxylic acids is 7. The third-order valence-corrected chi connectivity index (χ3v) is 7.40. The van der Waals surface area contributed by atoms with Gasteiger partial charge < -0.3 is 102 Å². The van der Waals surface area contributed by atoms with E-state index in [9.17, 15) is 38.7 Å². The van der Waals surface area contributed by atoms with Crippen molar-refractivity contribution >= 4 is 40.8 Å². The Morgan fingerprint density at radius 2 is 0.730 bits per heavy atom. The van der Waals surface area contributed by atoms with Crippen LogP contribution in [0.4, 0.5) is 0 Å². The number of ether oxygens (including phenoxy) is 1. The second kappa shape index (κ2) is 108. The fourth-order valence-corrected chi connectivity index (χ4v) is 4.06. The Balaban J connectivity index is -0.0000000426. The van der Waals surface area contributed by atoms with Crippen LogP contribution in [-0.4, -0.2) is 236 Å². The molecule has 1 unspecified atom stereocenters. The van der Waals surface area contributed by atoms with Gasteiger partial charge in [-0.3, -0.25) is 28.8 Å². The Kier molecular flexibility index (Phi) is 160. The number of likely N-dealkylation sites (N-methyl/N-ethyl adjacent to an activating group) is 1. The van der Waals surface area contributed by atoms with E-state index in [1.807, 2.05) is 13.8 Å². The largest absolute Gasteiger partial charge is 0.512 e. The molecule has 0 bridgehead atoms. The number of aliphatic hydroxyl groups is 18. The minimum absolute atomic E-state index is 0. The Morgan fingerprint density at radius 3 is 0.843 bits per heavy atom. The molecule has 0 radical (unpaired) electrons. The summed E-state index contributed by atoms with van der Waals surface area (Å²) in [5, 5.41) is 147. The summed E-state index contributed by atoms with van der Waals surface area (Å²) in [5.74, 6) is -1.39. The summed E-state index contributed by atoms with van der Waals surface area (Å²) in [6.07, 6.45) is 9.55. The van der Waals surface area contributed by atoms with Crippen LogP contribution in [0.5, 0.6) is 0 Å². The predicted octanol–water partition coefficient (Wildman–Crippen LogP) is 3.12. The van der Waals surface area contributed by atoms with E-state index in [0.29, 0.717) is 63.1 Å². The van der Waals surface area contributed by atoms with Gasteiger partial charge in [-0.25, -0.2) is 4.79 Å². The topological polar surface area (TPSA) is 496 Å². The molecule has 18 N–H and O–H groups in total. The first-order valence-electron chi connectivity index (χ1n) is 26.2. The van der Waals surface area contributed by atoms with E-state index < -0.39 is 23.6 Å². The molecule has 0 fully saturated rings. The van der Waals surface area contributed by atoms with Crippen molar-refractivity contribution in [2.75, 3.05) is 92.4 Å². The van der Waals surface area contributed by atoms with Gasteiger partial charge >= 0.3 is 5.97 Å². The first kappa shape index (κ1) is 132. The van der Waals surface area contributed by atoms with Crippen molar-refractivity contribution in [1.29, 1.82) is 0 Å². The molecule has 0 saturated carbocycles. The molecule has 1 amide bonds. The maximum absolute atomic E-state index is 11.1. The van der Waals surface area contributed by atoms with Crippen molar-refractivity contribution in [3.63, 3.8) is 0 Å². The number of hydrogen-bond donors (Lipinski definition) is 18. The Morgan fingerprint density at radius 1 is 0.461 bits per heavy atom. The second-order valence-corrected chi connectivity index (χ2v) is 16.1. The van der Waals surface area contributed by atoms with Crippen LogP contribution < -0.4 is 0 Å². The van der Waals surface area contributed by atoms with Crippen molar-refractivity contribution in [2.24, 2.45) is 0 Å². The molecule has 0 aromatic rings. The van der Waals surface area contributed by atoms with E-state index in [0.717, 1.165) is 25.3 Å². The van der Waals surface area contributed by atoms with Crippen molar-refractivity contribution in [3.8, 4) is 0 Å². The van der Waals surface area contributed by atoms with Crippen LogP contribution in [0.25, 0.3) is 0 Å². The second-order valence-electron chi connectivity index (χ2n) is 16.1. The van der Waals surface area contributed by atoms with Gasteiger partial charge in [-0.05, 0) is 142 Å². The maximum atomic E-state index is 11.1. The summed E-state index contributed by atoms with van der Waals surface area (Å²) < 4.78 is 4.48. The zero-order chi connectivity index (χ0) is 67.9. The van der Waals surface area contributed by atoms with E-state index >= 15 is 0 Å². The molecule has 0 aromatic carbocycles. The Hall–Kier alpha value is -1.66. The molecule has 1 rings (SSSR count). The summed E-state index contributed by atoms with van der Waals surface area (Å²) in [7, 11) is 0. The van der Waals surface area contributed by atoms with Crippen LogP contribution in [0.2, 0.25) is 0 Å². The van der Waals surface area contributed by atoms with E-state index in [4.69, 9.17) is 86.8 Å². The van der Waals surface area contributed by atoms with Crippen molar-refractivity contribution in [3.05, 3.63) is 70.0 Å². The van der Waals surface area contributed by atoms with Gasteiger partial charge in [-0.15, -0.1) is 0 Å². The molecule has 89 heavy (non-hydrogen) atoms. The van der Waals surface area contributed by atoms with Crippen molar-refractivity contribution in [1.82, 2.24) is 4.90 Å². The molecule has 0 heterocycles. The standard InChI is InChI=1S/C8H15NO2.C8H12O2.C7H10O3.C6H10O3.2C5H8O2.5C3H8O2.C2H6O2.6Ti/c1-4-9(5-2)8(11)6-7(3)10;1-6(9)7-4-2-3-5-8(7)10;1-4(8)7(5(2)9)6(3)10;1-3-9-6(8)4-5(2)7;2*1-4(6)3-5(2)7;1-3(5)2-4;4*4-2-1-3-5;3-1-2-4;;;;;;/h6,10H,4-5H2,1-3H3;10H,2-5H2,1H3;8H,1-3H3;4,7H,3H2,1-2H3;2*3,6H,1-2H3;3-5H,2H2,1H3;4*4-5H,1-3H2;3-4H,1-2H2;;;;;;. The Labute approximate surface area is 617 Å². The molecular weight excluding hydrogens is 1390 g/mol. The summed E-state index contributed by atoms with van der Waals surface area (Å²) >= 11 is 0. The number of hydrogen-bond acceptors (Lipinski definition) is 26. The van der Waals surface area contributed by atoms with Gasteiger partial charge in [0.15, 0.2) is 28.9 Å². The van der Waals surface area contributed by atoms with Gasteiger partial charge in [0.1, 0.15) is 5.76 Å². The SMILES string of the molecule is CC(=O)C(C(C)=O)=C(C)O.CC(=O)C1=C(O)CCCC1.CC(=O)C=C(C)O.CC(=O)C=C(C)O.CC(O)CO.CCN(CC)C(=O)C=C(C)O.CCOC(=O)C=C(C)O.OCCCO.OCCCO.OCCCO.OCCCO.OCCO.[Ti].[Ti].[Ti].[Ti].[Ti].[Ti]. The molecule has 0 saturated heterocycles. The van der Waals surface area contributed by atoms with E-state index in [-0.39, 0.29) is 261 Å². The zero-order valence-corrected chi connectivity index (χ0v) is 64.1. The maximum Gasteiger partial charge on any atom is 0.334 e. The van der Waals surface area contributed by atoms with Crippen LogP contribution in [0.1, 0.15) is 148 Å². The number of esters is 1. The molecule has 518 valence electrons. The average Bonchev–Trinajstić information content (AvgIpc) is 3.36. The average molecular weight is 1500 g/mol. The number of nitrogens with zero attached hydrogens (tertiary/aromatic N) is 1. The first-order valence-corrected chi connectivity index (χ1v) is 26.2. The number of rotatable bonds is 20. The van der Waals surface area contributed by atoms with Crippen LogP contribution in [-0.2, 0) is 169 Å². The van der Waals surface area contributed by atoms with E-state index in [1.165, 1.54) is 94.4 Å². The van der Waals surface area contributed by atoms with Crippen LogP contribution >= 0.6 is 0 Å². The monoisotopic (exact) mass is 1500 g/mol. The van der Waals surface area contributed by atoms with Gasteiger partial charge in [-0.1, -0.05) is 0 Å². The molecule has 0 spiro atoms. The number of ketones is 5. The predicted molar refractivity (Wildman–Crippen MR) is 315 cm³/mol. The van der Waals surface area contributed by atoms with Crippen LogP contribution in [0.3, 0.4) is 0 Å². The van der Waals surface area contributed by atoms with Crippen molar-refractivity contribution < 1.29 is 261 Å². The third-order valence-electron chi connectivity index (χ3n) is 7.40. The molecule has 33 heteroatoms. The molecular formula is C56H109NO26Ti6. The first-order chi connectivity index (χ1) is 38.5. The molecule has 0 aliphatic heterocycles. The van der Waals surface area contributed by atoms with Crippen LogP contribution in [0.15, 0.2) is 70.0 Å². The fraction of sp³-hybridized carbons (Fsp3) is 0.661. The number of amides is 1. The number of carbonyl (C=O) groups is 7. The molecule has 27 nitrogen and oxygen atoms in total. The number of aliphatic hydroxyl groups excluding tert-OH is 18. The minimum atomic E-state index is -0.560. The van der Waals surface area contributed by atoms with E-state index in [2.05, 4.69) is 4.74 Å².